The van der Waals surface area contributed by atoms with Crippen LogP contribution in [-0.4, -0.2) is 86.0 Å². The van der Waals surface area contributed by atoms with Gasteiger partial charge in [0.2, 0.25) is 25.4 Å². The molecule has 4 aliphatic rings. The molecule has 1 aliphatic heterocycles. The van der Waals surface area contributed by atoms with E-state index in [-0.39, 0.29) is 33.8 Å². The molecule has 11 heteroatoms. The highest BCUT2D eigenvalue weighted by molar-refractivity contribution is 7.89. The number of unbranched alkanes of at least 4 members (excludes halogenated alkanes) is 14. The van der Waals surface area contributed by atoms with Gasteiger partial charge < -0.3 is 9.80 Å². The van der Waals surface area contributed by atoms with Gasteiger partial charge in [0.25, 0.3) is 0 Å². The van der Waals surface area contributed by atoms with Crippen molar-refractivity contribution in [1.82, 2.24) is 8.88 Å². The molecule has 0 saturated heterocycles. The van der Waals surface area contributed by atoms with E-state index in [9.17, 15) is 16.8 Å². The number of sulfonamides is 2. The van der Waals surface area contributed by atoms with E-state index in [1.807, 2.05) is 4.31 Å². The minimum atomic E-state index is -3.65. The molecule has 0 fully saturated rings. The molecular formula is C70H106N5O4S2+. The highest BCUT2D eigenvalue weighted by Gasteiger charge is 2.39. The molecule has 0 saturated carbocycles. The molecule has 0 aromatic heterocycles. The summed E-state index contributed by atoms with van der Waals surface area (Å²) in [6, 6.07) is 17.8. The summed E-state index contributed by atoms with van der Waals surface area (Å²) in [5, 5.41) is 7.68. The Morgan fingerprint density at radius 2 is 1.15 bits per heavy atom. The van der Waals surface area contributed by atoms with E-state index in [2.05, 4.69) is 204 Å². The second-order valence-corrected chi connectivity index (χ2v) is 29.8. The first kappa shape index (κ1) is 65.6. The fourth-order valence-electron chi connectivity index (χ4n) is 12.9. The van der Waals surface area contributed by atoms with E-state index in [4.69, 9.17) is 5.14 Å². The maximum atomic E-state index is 14.3. The number of rotatable bonds is 28. The second kappa shape index (κ2) is 28.4. The predicted octanol–water partition coefficient (Wildman–Crippen LogP) is 14.4. The standard InChI is InChI=1S/C44H72N2O2S.C26H34N3O2S/c1-9-11-13-15-17-19-21-23-29-46(30-24-22-20-18-16-14-12-10-2)49(47,48)35-40(31-36(3)4)37-26-28-42-39(32-37)33-38-25-27-41(45(7)8)34-43(38)44(42,5)6;1-8-29-24-14-23-18(12-21(24)19(15-25(29,2)3)16-32(27,30)31)11-17-9-10-20(28(6)7)13-22(17)26(23,4)5/h25,27-28,31-34,36H,9-24,26,29-30,35H2,1-8H3;9-15H,8,16H2,1-7H3,(H2,27,30,31)/q;+1/b40-31-;. The van der Waals surface area contributed by atoms with E-state index >= 15 is 0 Å². The Morgan fingerprint density at radius 3 is 1.64 bits per heavy atom. The first-order valence-corrected chi connectivity index (χ1v) is 34.5. The maximum absolute atomic E-state index is 14.3. The normalized spacial score (nSPS) is 16.8. The van der Waals surface area contributed by atoms with Crippen molar-refractivity contribution in [2.45, 2.75) is 202 Å². The third kappa shape index (κ3) is 16.8. The lowest BCUT2D eigenvalue weighted by molar-refractivity contribution is 0.384. The molecule has 3 aromatic carbocycles. The molecule has 0 spiro atoms. The van der Waals surface area contributed by atoms with Gasteiger partial charge in [-0.1, -0.05) is 176 Å². The average molecular weight is 1150 g/mol. The topological polar surface area (TPSA) is 107 Å². The van der Waals surface area contributed by atoms with Crippen LogP contribution in [0.15, 0.2) is 95.1 Å². The molecule has 0 radical (unpaired) electrons. The number of benzene rings is 3. The smallest absolute Gasteiger partial charge is 0.218 e. The number of hydrogen-bond donors (Lipinski definition) is 1. The van der Waals surface area contributed by atoms with Crippen LogP contribution >= 0.6 is 0 Å². The Balaban J connectivity index is 0.000000284. The SMILES string of the molecule is CCCCCCCCCCN(CCCCCCCCCC)S(=O)(=O)C/C(=C/C(C)C)C1=CC2=Cc3ccc(N(C)C)cc3C(C)(C)C2=CC1.CC[N+]1=c2cc3c(cc2C(CS(N)(=O)=O)=CC1(C)C)=Cc1ccc(N(C)C)cc1C3(C)C. The van der Waals surface area contributed by atoms with Gasteiger partial charge in [0, 0.05) is 83.4 Å². The largest absolute Gasteiger partial charge is 0.378 e. The van der Waals surface area contributed by atoms with E-state index < -0.39 is 20.0 Å². The van der Waals surface area contributed by atoms with Crippen LogP contribution in [0.1, 0.15) is 219 Å². The minimum Gasteiger partial charge on any atom is -0.378 e. The molecule has 0 bridgehead atoms. The fourth-order valence-corrected chi connectivity index (χ4v) is 15.3. The number of anilines is 2. The minimum absolute atomic E-state index is 0.0909. The third-order valence-corrected chi connectivity index (χ3v) is 20.0. The van der Waals surface area contributed by atoms with Gasteiger partial charge >= 0.3 is 0 Å². The van der Waals surface area contributed by atoms with Crippen molar-refractivity contribution in [3.63, 3.8) is 0 Å². The zero-order valence-electron chi connectivity index (χ0n) is 53.0. The quantitative estimate of drug-likeness (QED) is 0.0573. The molecule has 446 valence electrons. The maximum Gasteiger partial charge on any atom is 0.218 e. The monoisotopic (exact) mass is 1140 g/mol. The number of fused-ring (bicyclic) bond motifs is 5. The summed E-state index contributed by atoms with van der Waals surface area (Å²) in [5.41, 5.74) is 14.6. The lowest BCUT2D eigenvalue weighted by Gasteiger charge is -2.38. The van der Waals surface area contributed by atoms with Gasteiger partial charge in [-0.25, -0.2) is 30.9 Å². The van der Waals surface area contributed by atoms with Crippen molar-refractivity contribution in [2.24, 2.45) is 11.1 Å². The first-order chi connectivity index (χ1) is 38.1. The molecule has 7 rings (SSSR count). The zero-order chi connectivity index (χ0) is 59.5. The predicted molar refractivity (Wildman–Crippen MR) is 350 cm³/mol. The Hall–Kier alpha value is -4.55. The van der Waals surface area contributed by atoms with Gasteiger partial charge in [-0.15, -0.1) is 0 Å². The molecular weight excluding hydrogens is 1040 g/mol. The number of nitrogens with zero attached hydrogens (tertiary/aromatic N) is 4. The number of hydrogen-bond acceptors (Lipinski definition) is 6. The first-order valence-electron chi connectivity index (χ1n) is 31.1. The van der Waals surface area contributed by atoms with Gasteiger partial charge in [0.05, 0.1) is 17.1 Å². The highest BCUT2D eigenvalue weighted by atomic mass is 32.2. The van der Waals surface area contributed by atoms with Crippen molar-refractivity contribution < 1.29 is 16.8 Å². The summed E-state index contributed by atoms with van der Waals surface area (Å²) >= 11 is 0. The van der Waals surface area contributed by atoms with Crippen LogP contribution in [0.25, 0.3) is 17.7 Å². The van der Waals surface area contributed by atoms with E-state index in [0.717, 1.165) is 71.5 Å². The molecule has 3 aromatic rings. The van der Waals surface area contributed by atoms with E-state index in [0.29, 0.717) is 13.1 Å². The number of allylic oxidation sites excluding steroid dienone is 6. The van der Waals surface area contributed by atoms with Crippen molar-refractivity contribution in [2.75, 3.05) is 69.1 Å². The number of primary sulfonamides is 1. The van der Waals surface area contributed by atoms with Gasteiger partial charge in [0.15, 0.2) is 5.54 Å². The molecule has 0 unspecified atom stereocenters. The Morgan fingerprint density at radius 1 is 0.642 bits per heavy atom. The van der Waals surface area contributed by atoms with Gasteiger partial charge in [-0.2, -0.15) is 0 Å². The lowest BCUT2D eigenvalue weighted by atomic mass is 9.67. The van der Waals surface area contributed by atoms with E-state index in [1.54, 1.807) is 0 Å². The summed E-state index contributed by atoms with van der Waals surface area (Å²) in [6.45, 7) is 26.6. The summed E-state index contributed by atoms with van der Waals surface area (Å²) in [7, 11) is 1.20. The summed E-state index contributed by atoms with van der Waals surface area (Å²) in [5.74, 6) is 0.201. The van der Waals surface area contributed by atoms with Crippen LogP contribution in [0.2, 0.25) is 0 Å². The Labute approximate surface area is 493 Å². The van der Waals surface area contributed by atoms with Crippen LogP contribution in [0.3, 0.4) is 0 Å². The van der Waals surface area contributed by atoms with Crippen molar-refractivity contribution in [3.8, 4) is 0 Å². The Bertz CT molecular complexity index is 3180. The Kier molecular flexibility index (Phi) is 23.0. The van der Waals surface area contributed by atoms with Gasteiger partial charge in [-0.3, -0.25) is 0 Å². The molecule has 2 N–H and O–H groups in total. The van der Waals surface area contributed by atoms with Crippen LogP contribution in [0.4, 0.5) is 11.4 Å². The summed E-state index contributed by atoms with van der Waals surface area (Å²) in [6.07, 6.45) is 33.8. The molecule has 0 atom stereocenters. The second-order valence-electron chi connectivity index (χ2n) is 26.2. The van der Waals surface area contributed by atoms with Crippen molar-refractivity contribution in [3.05, 3.63) is 139 Å². The van der Waals surface area contributed by atoms with Gasteiger partial charge in [-0.05, 0) is 142 Å². The third-order valence-electron chi connectivity index (χ3n) is 17.5. The van der Waals surface area contributed by atoms with Crippen LogP contribution < -0.4 is 30.1 Å². The highest BCUT2D eigenvalue weighted by Crippen LogP contribution is 2.47. The molecule has 9 nitrogen and oxygen atoms in total. The zero-order valence-corrected chi connectivity index (χ0v) is 54.7. The lowest BCUT2D eigenvalue weighted by Crippen LogP contribution is -2.51. The van der Waals surface area contributed by atoms with Crippen LogP contribution in [0, 0.1) is 5.92 Å². The average Bonchev–Trinajstić information content (AvgIpc) is 3.48. The van der Waals surface area contributed by atoms with Crippen molar-refractivity contribution in [1.29, 1.82) is 0 Å². The van der Waals surface area contributed by atoms with Crippen molar-refractivity contribution >= 4 is 49.1 Å². The fraction of sp³-hybridized carbons (Fsp3) is 0.586. The molecule has 1 heterocycles. The van der Waals surface area contributed by atoms with E-state index in [1.165, 1.54) is 127 Å². The number of likely N-dealkylation sites (N-methyl/N-ethyl adjacent to an activating group) is 1. The van der Waals surface area contributed by atoms with Crippen LogP contribution in [0.5, 0.6) is 0 Å². The summed E-state index contributed by atoms with van der Waals surface area (Å²) in [4.78, 5) is 4.29. The molecule has 3 aliphatic carbocycles. The molecule has 0 amide bonds. The molecule has 81 heavy (non-hydrogen) atoms. The summed E-state index contributed by atoms with van der Waals surface area (Å²) < 4.78 is 56.9. The van der Waals surface area contributed by atoms with Gasteiger partial charge in [0.1, 0.15) is 6.54 Å². The number of nitrogens with two attached hydrogens (primary N) is 1. The van der Waals surface area contributed by atoms with Crippen LogP contribution in [-0.2, 0) is 30.9 Å².